The third-order valence-electron chi connectivity index (χ3n) is 1.75. The lowest BCUT2D eigenvalue weighted by atomic mass is 10.2. The highest BCUT2D eigenvalue weighted by atomic mass is 16.7. The topological polar surface area (TPSA) is 44.8 Å². The van der Waals surface area contributed by atoms with Gasteiger partial charge in [0.1, 0.15) is 0 Å². The molecule has 0 spiro atoms. The second kappa shape index (κ2) is 3.69. The molecule has 68 valence electrons. The van der Waals surface area contributed by atoms with E-state index >= 15 is 0 Å². The van der Waals surface area contributed by atoms with Gasteiger partial charge in [-0.05, 0) is 13.0 Å². The van der Waals surface area contributed by atoms with Crippen LogP contribution in [0.2, 0.25) is 0 Å². The molecule has 2 unspecified atom stereocenters. The Morgan fingerprint density at radius 2 is 2.25 bits per heavy atom. The van der Waals surface area contributed by atoms with Crippen LogP contribution >= 0.6 is 0 Å². The minimum absolute atomic E-state index is 0.248. The van der Waals surface area contributed by atoms with Crippen molar-refractivity contribution < 1.29 is 19.0 Å². The van der Waals surface area contributed by atoms with E-state index in [0.29, 0.717) is 5.57 Å². The van der Waals surface area contributed by atoms with Crippen LogP contribution in [-0.4, -0.2) is 32.6 Å². The first-order chi connectivity index (χ1) is 5.69. The van der Waals surface area contributed by atoms with Gasteiger partial charge in [-0.25, -0.2) is 4.79 Å². The minimum atomic E-state index is -0.422. The van der Waals surface area contributed by atoms with E-state index in [9.17, 15) is 4.79 Å². The molecule has 0 bridgehead atoms. The molecule has 0 aromatic rings. The molecule has 2 atom stereocenters. The van der Waals surface area contributed by atoms with E-state index < -0.39 is 6.29 Å². The van der Waals surface area contributed by atoms with E-state index in [0.717, 1.165) is 0 Å². The maximum absolute atomic E-state index is 11.1. The van der Waals surface area contributed by atoms with Crippen molar-refractivity contribution in [3.63, 3.8) is 0 Å². The summed E-state index contributed by atoms with van der Waals surface area (Å²) in [7, 11) is 2.87. The predicted octanol–water partition coefficient (Wildman–Crippen LogP) is 0.477. The Balaban J connectivity index is 2.69. The lowest BCUT2D eigenvalue weighted by Crippen LogP contribution is -2.16. The lowest BCUT2D eigenvalue weighted by Gasteiger charge is -2.09. The second-order valence-electron chi connectivity index (χ2n) is 2.50. The summed E-state index contributed by atoms with van der Waals surface area (Å²) in [6, 6.07) is 0. The van der Waals surface area contributed by atoms with Gasteiger partial charge in [-0.3, -0.25) is 0 Å². The Hall–Kier alpha value is -0.870. The normalized spacial score (nSPS) is 28.4. The molecule has 0 N–H and O–H groups in total. The number of ether oxygens (including phenoxy) is 3. The Bertz CT molecular complexity index is 209. The summed E-state index contributed by atoms with van der Waals surface area (Å²) in [5.41, 5.74) is 0.518. The number of esters is 1. The number of carbonyl (C=O) groups is 1. The third-order valence-corrected chi connectivity index (χ3v) is 1.75. The first kappa shape index (κ1) is 9.22. The van der Waals surface area contributed by atoms with Gasteiger partial charge in [0, 0.05) is 7.11 Å². The molecule has 12 heavy (non-hydrogen) atoms. The standard InChI is InChI=1S/C8H12O4/c1-5-6(8(9)11-3)4-7(10-2)12-5/h4-5,7H,1-3H3. The van der Waals surface area contributed by atoms with Gasteiger partial charge in [-0.2, -0.15) is 0 Å². The molecule has 0 saturated heterocycles. The van der Waals surface area contributed by atoms with Gasteiger partial charge >= 0.3 is 5.97 Å². The number of hydrogen-bond donors (Lipinski definition) is 0. The highest BCUT2D eigenvalue weighted by Crippen LogP contribution is 2.20. The maximum atomic E-state index is 11.1. The quantitative estimate of drug-likeness (QED) is 0.568. The molecule has 1 aliphatic rings. The molecule has 0 aromatic carbocycles. The van der Waals surface area contributed by atoms with Crippen LogP contribution in [-0.2, 0) is 19.0 Å². The van der Waals surface area contributed by atoms with Crippen LogP contribution in [0.15, 0.2) is 11.6 Å². The summed E-state index contributed by atoms with van der Waals surface area (Å²) in [4.78, 5) is 11.1. The SMILES string of the molecule is COC(=O)C1=CC(OC)OC1C. The molecule has 0 amide bonds. The zero-order valence-corrected chi connectivity index (χ0v) is 7.37. The van der Waals surface area contributed by atoms with Crippen LogP contribution in [0.25, 0.3) is 0 Å². The zero-order chi connectivity index (χ0) is 9.14. The number of carbonyl (C=O) groups excluding carboxylic acids is 1. The van der Waals surface area contributed by atoms with E-state index in [2.05, 4.69) is 4.74 Å². The lowest BCUT2D eigenvalue weighted by molar-refractivity contribution is -0.138. The molecule has 0 fully saturated rings. The van der Waals surface area contributed by atoms with E-state index in [1.165, 1.54) is 14.2 Å². The summed E-state index contributed by atoms with van der Waals surface area (Å²) in [6.07, 6.45) is 0.952. The van der Waals surface area contributed by atoms with Crippen molar-refractivity contribution in [3.05, 3.63) is 11.6 Å². The summed E-state index contributed by atoms with van der Waals surface area (Å²) in [5, 5.41) is 0. The van der Waals surface area contributed by atoms with Gasteiger partial charge in [0.2, 0.25) is 0 Å². The van der Waals surface area contributed by atoms with Crippen LogP contribution in [0.1, 0.15) is 6.92 Å². The van der Waals surface area contributed by atoms with Crippen LogP contribution in [0.4, 0.5) is 0 Å². The van der Waals surface area contributed by atoms with Crippen molar-refractivity contribution in [1.82, 2.24) is 0 Å². The third kappa shape index (κ3) is 1.65. The number of hydrogen-bond acceptors (Lipinski definition) is 4. The average Bonchev–Trinajstić information content (AvgIpc) is 2.45. The highest BCUT2D eigenvalue weighted by molar-refractivity contribution is 5.89. The number of rotatable bonds is 2. The van der Waals surface area contributed by atoms with Gasteiger partial charge in [0.15, 0.2) is 6.29 Å². The molecular weight excluding hydrogens is 160 g/mol. The summed E-state index contributed by atoms with van der Waals surface area (Å²) < 4.78 is 14.7. The van der Waals surface area contributed by atoms with Crippen molar-refractivity contribution in [3.8, 4) is 0 Å². The van der Waals surface area contributed by atoms with Gasteiger partial charge in [0.25, 0.3) is 0 Å². The molecular formula is C8H12O4. The van der Waals surface area contributed by atoms with Crippen LogP contribution in [0, 0.1) is 0 Å². The Morgan fingerprint density at radius 3 is 2.67 bits per heavy atom. The Labute approximate surface area is 71.1 Å². The highest BCUT2D eigenvalue weighted by Gasteiger charge is 2.28. The monoisotopic (exact) mass is 172 g/mol. The predicted molar refractivity (Wildman–Crippen MR) is 41.4 cm³/mol. The van der Waals surface area contributed by atoms with Crippen molar-refractivity contribution >= 4 is 5.97 Å². The minimum Gasteiger partial charge on any atom is -0.466 e. The second-order valence-corrected chi connectivity index (χ2v) is 2.50. The van der Waals surface area contributed by atoms with Crippen molar-refractivity contribution in [1.29, 1.82) is 0 Å². The molecule has 0 aliphatic carbocycles. The Morgan fingerprint density at radius 1 is 1.58 bits per heavy atom. The summed E-state index contributed by atoms with van der Waals surface area (Å²) in [5.74, 6) is -0.359. The molecule has 1 rings (SSSR count). The average molecular weight is 172 g/mol. The molecule has 0 aromatic heterocycles. The first-order valence-electron chi connectivity index (χ1n) is 3.67. The zero-order valence-electron chi connectivity index (χ0n) is 7.37. The largest absolute Gasteiger partial charge is 0.466 e. The molecule has 4 heteroatoms. The molecule has 0 radical (unpaired) electrons. The van der Waals surface area contributed by atoms with Gasteiger partial charge in [0.05, 0.1) is 18.8 Å². The molecule has 1 aliphatic heterocycles. The fourth-order valence-corrected chi connectivity index (χ4v) is 1.07. The van der Waals surface area contributed by atoms with Crippen molar-refractivity contribution in [2.75, 3.05) is 14.2 Å². The van der Waals surface area contributed by atoms with Crippen LogP contribution in [0.5, 0.6) is 0 Å². The van der Waals surface area contributed by atoms with Crippen molar-refractivity contribution in [2.45, 2.75) is 19.3 Å². The Kier molecular flexibility index (Phi) is 2.83. The van der Waals surface area contributed by atoms with Crippen molar-refractivity contribution in [2.24, 2.45) is 0 Å². The molecule has 0 saturated carbocycles. The van der Waals surface area contributed by atoms with Gasteiger partial charge < -0.3 is 14.2 Å². The summed E-state index contributed by atoms with van der Waals surface area (Å²) >= 11 is 0. The van der Waals surface area contributed by atoms with E-state index in [-0.39, 0.29) is 12.1 Å². The fourth-order valence-electron chi connectivity index (χ4n) is 1.07. The molecule has 1 heterocycles. The van der Waals surface area contributed by atoms with E-state index in [1.807, 2.05) is 0 Å². The van der Waals surface area contributed by atoms with Crippen LogP contribution in [0.3, 0.4) is 0 Å². The summed E-state index contributed by atoms with van der Waals surface area (Å²) in [6.45, 7) is 1.78. The fraction of sp³-hybridized carbons (Fsp3) is 0.625. The maximum Gasteiger partial charge on any atom is 0.336 e. The van der Waals surface area contributed by atoms with E-state index in [4.69, 9.17) is 9.47 Å². The van der Waals surface area contributed by atoms with Crippen LogP contribution < -0.4 is 0 Å². The van der Waals surface area contributed by atoms with Gasteiger partial charge in [-0.1, -0.05) is 0 Å². The number of methoxy groups -OCH3 is 2. The van der Waals surface area contributed by atoms with E-state index in [1.54, 1.807) is 13.0 Å². The molecule has 4 nitrogen and oxygen atoms in total. The first-order valence-corrected chi connectivity index (χ1v) is 3.67. The smallest absolute Gasteiger partial charge is 0.336 e. The van der Waals surface area contributed by atoms with Gasteiger partial charge in [-0.15, -0.1) is 0 Å².